The Bertz CT molecular complexity index is 780. The van der Waals surface area contributed by atoms with E-state index in [1.807, 2.05) is 26.0 Å². The van der Waals surface area contributed by atoms with Crippen LogP contribution in [0.3, 0.4) is 0 Å². The maximum Gasteiger partial charge on any atom is 0.297 e. The number of hydrogen-bond donors (Lipinski definition) is 1. The summed E-state index contributed by atoms with van der Waals surface area (Å²) in [6, 6.07) is 5.37. The van der Waals surface area contributed by atoms with E-state index in [9.17, 15) is 9.90 Å². The van der Waals surface area contributed by atoms with Gasteiger partial charge in [-0.05, 0) is 32.4 Å². The summed E-state index contributed by atoms with van der Waals surface area (Å²) >= 11 is 0. The molecule has 5 heteroatoms. The van der Waals surface area contributed by atoms with Crippen molar-refractivity contribution >= 4 is 10.9 Å². The predicted octanol–water partition coefficient (Wildman–Crippen LogP) is 5.04. The highest BCUT2D eigenvalue weighted by Gasteiger charge is 2.19. The van der Waals surface area contributed by atoms with Gasteiger partial charge in [0.15, 0.2) is 5.75 Å². The summed E-state index contributed by atoms with van der Waals surface area (Å²) in [5, 5.41) is 11.0. The van der Waals surface area contributed by atoms with Crippen LogP contribution < -0.4 is 15.0 Å². The van der Waals surface area contributed by atoms with Gasteiger partial charge in [0.2, 0.25) is 5.75 Å². The third kappa shape index (κ3) is 4.51. The third-order valence-electron chi connectivity index (χ3n) is 4.60. The quantitative estimate of drug-likeness (QED) is 0.603. The van der Waals surface area contributed by atoms with Crippen LogP contribution in [0.25, 0.3) is 10.9 Å². The number of pyridine rings is 1. The molecule has 0 atom stereocenters. The van der Waals surface area contributed by atoms with Gasteiger partial charge in [0.05, 0.1) is 19.2 Å². The zero-order valence-electron chi connectivity index (χ0n) is 16.4. The van der Waals surface area contributed by atoms with Crippen LogP contribution in [0.1, 0.15) is 65.3 Å². The molecule has 0 radical (unpaired) electrons. The van der Waals surface area contributed by atoms with Crippen LogP contribution in [0.4, 0.5) is 0 Å². The summed E-state index contributed by atoms with van der Waals surface area (Å²) in [6.07, 6.45) is 7.27. The first-order valence-electron chi connectivity index (χ1n) is 9.59. The molecule has 0 unspecified atom stereocenters. The lowest BCUT2D eigenvalue weighted by atomic mass is 10.1. The van der Waals surface area contributed by atoms with Crippen molar-refractivity contribution < 1.29 is 14.6 Å². The van der Waals surface area contributed by atoms with Crippen LogP contribution in [0.2, 0.25) is 0 Å². The van der Waals surface area contributed by atoms with E-state index in [1.54, 1.807) is 10.6 Å². The van der Waals surface area contributed by atoms with Crippen molar-refractivity contribution in [1.82, 2.24) is 4.57 Å². The second-order valence-corrected chi connectivity index (χ2v) is 6.95. The highest BCUT2D eigenvalue weighted by Crippen LogP contribution is 2.34. The number of benzene rings is 1. The van der Waals surface area contributed by atoms with E-state index in [1.165, 1.54) is 39.2 Å². The number of methoxy groups -OCH3 is 1. The highest BCUT2D eigenvalue weighted by atomic mass is 16.5. The Labute approximate surface area is 155 Å². The summed E-state index contributed by atoms with van der Waals surface area (Å²) in [7, 11) is 1.39. The summed E-state index contributed by atoms with van der Waals surface area (Å²) in [5.41, 5.74) is 0.323. The predicted molar refractivity (Wildman–Crippen MR) is 106 cm³/mol. The van der Waals surface area contributed by atoms with Crippen molar-refractivity contribution in [2.24, 2.45) is 0 Å². The molecule has 0 bridgehead atoms. The zero-order valence-corrected chi connectivity index (χ0v) is 16.4. The number of aromatic nitrogens is 1. The smallest absolute Gasteiger partial charge is 0.297 e. The molecule has 2 aromatic rings. The van der Waals surface area contributed by atoms with Crippen LogP contribution >= 0.6 is 0 Å². The molecule has 0 aliphatic heterocycles. The monoisotopic (exact) mass is 361 g/mol. The Morgan fingerprint density at radius 3 is 2.46 bits per heavy atom. The lowest BCUT2D eigenvalue weighted by molar-refractivity contribution is 0.304. The van der Waals surface area contributed by atoms with Crippen molar-refractivity contribution in [3.63, 3.8) is 0 Å². The van der Waals surface area contributed by atoms with Gasteiger partial charge in [-0.1, -0.05) is 39.0 Å². The average molecular weight is 361 g/mol. The summed E-state index contributed by atoms with van der Waals surface area (Å²) in [5.74, 6) is 0.572. The molecule has 1 aromatic heterocycles. The van der Waals surface area contributed by atoms with Crippen molar-refractivity contribution in [2.75, 3.05) is 13.7 Å². The minimum atomic E-state index is -0.333. The number of ether oxygens (including phenoxy) is 2. The van der Waals surface area contributed by atoms with Crippen LogP contribution in [0.5, 0.6) is 17.2 Å². The van der Waals surface area contributed by atoms with Crippen molar-refractivity contribution in [2.45, 2.75) is 65.3 Å². The Kier molecular flexibility index (Phi) is 7.37. The second kappa shape index (κ2) is 9.51. The standard InChI is InChI=1S/C21H31NO4/c1-5-6-7-8-9-10-13-26-16-11-12-17-18(14-16)22(15(2)3)21(24)20(25-4)19(17)23/h11-12,14-15,23H,5-10,13H2,1-4H3. The van der Waals surface area contributed by atoms with E-state index in [-0.39, 0.29) is 23.1 Å². The first-order chi connectivity index (χ1) is 12.5. The minimum Gasteiger partial charge on any atom is -0.504 e. The molecule has 0 saturated carbocycles. The maximum absolute atomic E-state index is 12.6. The molecule has 26 heavy (non-hydrogen) atoms. The van der Waals surface area contributed by atoms with Gasteiger partial charge in [-0.15, -0.1) is 0 Å². The molecule has 0 fully saturated rings. The molecule has 0 spiro atoms. The molecule has 0 aliphatic carbocycles. The largest absolute Gasteiger partial charge is 0.504 e. The van der Waals surface area contributed by atoms with Gasteiger partial charge >= 0.3 is 0 Å². The fraction of sp³-hybridized carbons (Fsp3) is 0.571. The Hall–Kier alpha value is -2.17. The first-order valence-corrected chi connectivity index (χ1v) is 9.59. The van der Waals surface area contributed by atoms with Gasteiger partial charge in [0.1, 0.15) is 5.75 Å². The molecule has 1 N–H and O–H groups in total. The van der Waals surface area contributed by atoms with Crippen LogP contribution in [-0.2, 0) is 0 Å². The number of hydrogen-bond acceptors (Lipinski definition) is 4. The Balaban J connectivity index is 2.19. The molecule has 0 amide bonds. The number of nitrogens with zero attached hydrogens (tertiary/aromatic N) is 1. The molecule has 0 saturated heterocycles. The topological polar surface area (TPSA) is 60.7 Å². The van der Waals surface area contributed by atoms with Crippen molar-refractivity contribution in [1.29, 1.82) is 0 Å². The molecule has 1 heterocycles. The lowest BCUT2D eigenvalue weighted by Crippen LogP contribution is -2.23. The summed E-state index contributed by atoms with van der Waals surface area (Å²) in [4.78, 5) is 12.6. The molecular weight excluding hydrogens is 330 g/mol. The molecule has 144 valence electrons. The van der Waals surface area contributed by atoms with E-state index in [0.717, 1.165) is 6.42 Å². The summed E-state index contributed by atoms with van der Waals surface area (Å²) in [6.45, 7) is 6.74. The third-order valence-corrected chi connectivity index (χ3v) is 4.60. The van der Waals surface area contributed by atoms with Crippen molar-refractivity contribution in [3.05, 3.63) is 28.6 Å². The number of fused-ring (bicyclic) bond motifs is 1. The first kappa shape index (κ1) is 20.1. The van der Waals surface area contributed by atoms with Gasteiger partial charge in [-0.25, -0.2) is 0 Å². The Morgan fingerprint density at radius 1 is 1.12 bits per heavy atom. The van der Waals surface area contributed by atoms with Gasteiger partial charge in [-0.2, -0.15) is 0 Å². The molecule has 2 rings (SSSR count). The van der Waals surface area contributed by atoms with Crippen LogP contribution in [-0.4, -0.2) is 23.4 Å². The number of rotatable bonds is 10. The zero-order chi connectivity index (χ0) is 19.1. The minimum absolute atomic E-state index is 0.0213. The molecule has 0 aliphatic rings. The van der Waals surface area contributed by atoms with E-state index in [0.29, 0.717) is 23.3 Å². The van der Waals surface area contributed by atoms with Gasteiger partial charge in [0.25, 0.3) is 5.56 Å². The average Bonchev–Trinajstić information content (AvgIpc) is 2.61. The van der Waals surface area contributed by atoms with Crippen molar-refractivity contribution in [3.8, 4) is 17.2 Å². The van der Waals surface area contributed by atoms with Gasteiger partial charge in [0, 0.05) is 17.5 Å². The van der Waals surface area contributed by atoms with E-state index in [4.69, 9.17) is 9.47 Å². The number of aromatic hydroxyl groups is 1. The Morgan fingerprint density at radius 2 is 1.81 bits per heavy atom. The number of unbranched alkanes of at least 4 members (excludes halogenated alkanes) is 5. The fourth-order valence-corrected chi connectivity index (χ4v) is 3.21. The maximum atomic E-state index is 12.6. The lowest BCUT2D eigenvalue weighted by Gasteiger charge is -2.18. The molecule has 1 aromatic carbocycles. The van der Waals surface area contributed by atoms with E-state index < -0.39 is 0 Å². The second-order valence-electron chi connectivity index (χ2n) is 6.95. The normalized spacial score (nSPS) is 11.3. The molecule has 5 nitrogen and oxygen atoms in total. The molecular formula is C21H31NO4. The van der Waals surface area contributed by atoms with Gasteiger partial charge in [-0.3, -0.25) is 4.79 Å². The summed E-state index contributed by atoms with van der Waals surface area (Å²) < 4.78 is 12.6. The van der Waals surface area contributed by atoms with Crippen LogP contribution in [0, 0.1) is 0 Å². The highest BCUT2D eigenvalue weighted by molar-refractivity contribution is 5.88. The van der Waals surface area contributed by atoms with Crippen LogP contribution in [0.15, 0.2) is 23.0 Å². The fourth-order valence-electron chi connectivity index (χ4n) is 3.21. The van der Waals surface area contributed by atoms with E-state index >= 15 is 0 Å². The SMILES string of the molecule is CCCCCCCCOc1ccc2c(O)c(OC)c(=O)n(C(C)C)c2c1. The van der Waals surface area contributed by atoms with Gasteiger partial charge < -0.3 is 19.1 Å². The van der Waals surface area contributed by atoms with E-state index in [2.05, 4.69) is 6.92 Å².